The number of aryl methyl sites for hydroxylation is 1. The van der Waals surface area contributed by atoms with E-state index in [1.807, 2.05) is 74.5 Å². The van der Waals surface area contributed by atoms with Crippen LogP contribution in [0.1, 0.15) is 42.0 Å². The van der Waals surface area contributed by atoms with Crippen LogP contribution >= 0.6 is 11.8 Å². The van der Waals surface area contributed by atoms with E-state index >= 15 is 0 Å². The van der Waals surface area contributed by atoms with Gasteiger partial charge in [-0.1, -0.05) is 67.6 Å². The van der Waals surface area contributed by atoms with E-state index in [-0.39, 0.29) is 36.2 Å². The summed E-state index contributed by atoms with van der Waals surface area (Å²) < 4.78 is 33.2. The van der Waals surface area contributed by atoms with E-state index in [4.69, 9.17) is 4.42 Å². The first-order chi connectivity index (χ1) is 19.7. The van der Waals surface area contributed by atoms with Crippen molar-refractivity contribution < 1.29 is 17.6 Å². The summed E-state index contributed by atoms with van der Waals surface area (Å²) in [5.74, 6) is 0.635. The monoisotopic (exact) mass is 591 g/mol. The number of benzene rings is 2. The van der Waals surface area contributed by atoms with Crippen molar-refractivity contribution >= 4 is 38.9 Å². The fourth-order valence-corrected chi connectivity index (χ4v) is 7.70. The maximum absolute atomic E-state index is 13.9. The topological polar surface area (TPSA) is 126 Å². The Morgan fingerprint density at radius 3 is 2.00 bits per heavy atom. The zero-order chi connectivity index (χ0) is 29.1. The zero-order valence-electron chi connectivity index (χ0n) is 22.5. The number of Topliss-reactive ketones (excluding diaryl/α,β-unsaturated/α-hetero) is 1. The highest BCUT2D eigenvalue weighted by atomic mass is 32.3. The summed E-state index contributed by atoms with van der Waals surface area (Å²) in [4.78, 5) is 38.3. The van der Waals surface area contributed by atoms with Crippen molar-refractivity contribution in [2.45, 2.75) is 44.0 Å². The molecule has 5 rings (SSSR count). The van der Waals surface area contributed by atoms with Crippen LogP contribution in [-0.4, -0.2) is 23.1 Å². The van der Waals surface area contributed by atoms with Crippen LogP contribution in [0.2, 0.25) is 0 Å². The normalized spacial score (nSPS) is 16.2. The molecule has 2 N–H and O–H groups in total. The summed E-state index contributed by atoms with van der Waals surface area (Å²) in [5.41, 5.74) is -0.0151. The van der Waals surface area contributed by atoms with E-state index in [0.29, 0.717) is 17.9 Å². The Morgan fingerprint density at radius 1 is 0.878 bits per heavy atom. The van der Waals surface area contributed by atoms with Gasteiger partial charge in [-0.2, -0.15) is 4.31 Å². The van der Waals surface area contributed by atoms with Crippen LogP contribution in [-0.2, 0) is 27.9 Å². The van der Waals surface area contributed by atoms with E-state index in [0.717, 1.165) is 22.9 Å². The van der Waals surface area contributed by atoms with E-state index in [1.165, 1.54) is 9.71 Å². The number of carbonyl (C=O) groups is 1. The molecule has 0 amide bonds. The number of ketones is 1. The minimum atomic E-state index is -4.14. The van der Waals surface area contributed by atoms with Crippen molar-refractivity contribution in [2.24, 2.45) is 0 Å². The standard InChI is InChI=1S/C30H29N3O6S2/c1-3-22(24-15-14-19(2)39-24)31-25-26(29(36)28(25)35)32-23-18-40-30(27(23)34)41(37,38)33(16-20-10-6-4-7-11-20)17-21-12-8-5-9-13-21/h4-15,18,22,30-32H,3,16-17H2,1-2H3/t22-,30?/m1/s1. The summed E-state index contributed by atoms with van der Waals surface area (Å²) in [7, 11) is -4.14. The molecule has 0 aliphatic carbocycles. The molecule has 212 valence electrons. The number of anilines is 2. The maximum Gasteiger partial charge on any atom is 0.253 e. The lowest BCUT2D eigenvalue weighted by molar-refractivity contribution is -0.113. The fourth-order valence-electron chi connectivity index (χ4n) is 4.59. The van der Waals surface area contributed by atoms with E-state index in [2.05, 4.69) is 10.6 Å². The highest BCUT2D eigenvalue weighted by molar-refractivity contribution is 8.16. The van der Waals surface area contributed by atoms with Crippen molar-refractivity contribution in [3.8, 4) is 0 Å². The lowest BCUT2D eigenvalue weighted by Gasteiger charge is -2.25. The van der Waals surface area contributed by atoms with E-state index < -0.39 is 31.2 Å². The molecule has 11 heteroatoms. The van der Waals surface area contributed by atoms with Gasteiger partial charge >= 0.3 is 0 Å². The number of nitrogens with zero attached hydrogens (tertiary/aromatic N) is 1. The molecule has 0 bridgehead atoms. The average molecular weight is 592 g/mol. The van der Waals surface area contributed by atoms with Gasteiger partial charge in [0.1, 0.15) is 22.9 Å². The number of rotatable bonds is 12. The molecule has 4 aromatic rings. The van der Waals surface area contributed by atoms with Crippen LogP contribution in [0.25, 0.3) is 0 Å². The zero-order valence-corrected chi connectivity index (χ0v) is 24.1. The minimum Gasteiger partial charge on any atom is -0.464 e. The van der Waals surface area contributed by atoms with Gasteiger partial charge in [-0.25, -0.2) is 8.42 Å². The quantitative estimate of drug-likeness (QED) is 0.226. The van der Waals surface area contributed by atoms with Crippen LogP contribution in [0.5, 0.6) is 0 Å². The molecule has 9 nitrogen and oxygen atoms in total. The predicted octanol–water partition coefficient (Wildman–Crippen LogP) is 4.67. The molecule has 0 spiro atoms. The van der Waals surface area contributed by atoms with E-state index in [9.17, 15) is 22.8 Å². The number of sulfonamides is 1. The second kappa shape index (κ2) is 11.9. The van der Waals surface area contributed by atoms with Crippen LogP contribution in [0.4, 0.5) is 11.4 Å². The van der Waals surface area contributed by atoms with Crippen molar-refractivity contribution in [1.29, 1.82) is 0 Å². The number of hydrogen-bond donors (Lipinski definition) is 2. The van der Waals surface area contributed by atoms with Crippen molar-refractivity contribution in [1.82, 2.24) is 4.31 Å². The third-order valence-electron chi connectivity index (χ3n) is 6.82. The molecule has 1 aromatic heterocycles. The summed E-state index contributed by atoms with van der Waals surface area (Å²) in [6.45, 7) is 3.88. The number of nitrogens with one attached hydrogen (secondary N) is 2. The lowest BCUT2D eigenvalue weighted by atomic mass is 10.1. The van der Waals surface area contributed by atoms with Gasteiger partial charge in [0.25, 0.3) is 10.9 Å². The molecular weight excluding hydrogens is 562 g/mol. The Morgan fingerprint density at radius 2 is 1.46 bits per heavy atom. The largest absolute Gasteiger partial charge is 0.464 e. The Kier molecular flexibility index (Phi) is 8.30. The van der Waals surface area contributed by atoms with Crippen molar-refractivity contribution in [3.05, 3.63) is 127 Å². The second-order valence-corrected chi connectivity index (χ2v) is 13.0. The number of furan rings is 1. The lowest BCUT2D eigenvalue weighted by Crippen LogP contribution is -2.41. The molecule has 1 aliphatic rings. The molecular formula is C30H29N3O6S2. The fraction of sp³-hybridized carbons (Fsp3) is 0.233. The first-order valence-corrected chi connectivity index (χ1v) is 15.5. The number of hydrogen-bond acceptors (Lipinski definition) is 9. The maximum atomic E-state index is 13.9. The third-order valence-corrected chi connectivity index (χ3v) is 10.5. The van der Waals surface area contributed by atoms with Gasteiger partial charge < -0.3 is 15.1 Å². The summed E-state index contributed by atoms with van der Waals surface area (Å²) in [5, 5.41) is 7.18. The van der Waals surface area contributed by atoms with Crippen LogP contribution in [0.15, 0.2) is 97.9 Å². The molecule has 1 aliphatic heterocycles. The number of thioether (sulfide) groups is 1. The van der Waals surface area contributed by atoms with Crippen molar-refractivity contribution in [2.75, 3.05) is 10.6 Å². The molecule has 0 fully saturated rings. The first-order valence-electron chi connectivity index (χ1n) is 13.1. The average Bonchev–Trinajstić information content (AvgIpc) is 3.58. The smallest absolute Gasteiger partial charge is 0.253 e. The Labute approximate surface area is 242 Å². The summed E-state index contributed by atoms with van der Waals surface area (Å²) in [6.07, 6.45) is 0.571. The molecule has 0 radical (unpaired) electrons. The molecule has 0 saturated heterocycles. The van der Waals surface area contributed by atoms with Gasteiger partial charge in [0, 0.05) is 13.1 Å². The molecule has 2 atom stereocenters. The van der Waals surface area contributed by atoms with Gasteiger partial charge in [0.15, 0.2) is 4.58 Å². The number of allylic oxidation sites excluding steroid dienone is 1. The highest BCUT2D eigenvalue weighted by Gasteiger charge is 2.43. The molecule has 3 aromatic carbocycles. The third kappa shape index (κ3) is 5.92. The predicted molar refractivity (Wildman–Crippen MR) is 161 cm³/mol. The minimum absolute atomic E-state index is 0.0377. The SMILES string of the molecule is CC[C@@H](Nc1c(NC2=CSC(S(=O)(=O)N(Cc3ccccc3)Cc3ccccc3)C2=O)c(=O)c1=O)c1ccc(C)o1. The summed E-state index contributed by atoms with van der Waals surface area (Å²) >= 11 is 0.855. The summed E-state index contributed by atoms with van der Waals surface area (Å²) in [6, 6.07) is 21.6. The second-order valence-electron chi connectivity index (χ2n) is 9.73. The molecule has 0 saturated carbocycles. The molecule has 1 unspecified atom stereocenters. The van der Waals surface area contributed by atoms with Crippen LogP contribution in [0, 0.1) is 6.92 Å². The highest BCUT2D eigenvalue weighted by Crippen LogP contribution is 2.35. The van der Waals surface area contributed by atoms with Gasteiger partial charge in [0.2, 0.25) is 15.8 Å². The van der Waals surface area contributed by atoms with Gasteiger partial charge in [-0.3, -0.25) is 14.4 Å². The Bertz CT molecular complexity index is 1720. The Hall–Kier alpha value is -3.93. The van der Waals surface area contributed by atoms with Gasteiger partial charge in [-0.05, 0) is 42.0 Å². The van der Waals surface area contributed by atoms with Crippen LogP contribution in [0.3, 0.4) is 0 Å². The Balaban J connectivity index is 1.35. The van der Waals surface area contributed by atoms with Crippen LogP contribution < -0.4 is 21.5 Å². The van der Waals surface area contributed by atoms with Gasteiger partial charge in [-0.15, -0.1) is 11.8 Å². The van der Waals surface area contributed by atoms with Gasteiger partial charge in [0.05, 0.1) is 11.7 Å². The first kappa shape index (κ1) is 28.6. The van der Waals surface area contributed by atoms with E-state index in [1.54, 1.807) is 12.1 Å². The molecule has 41 heavy (non-hydrogen) atoms. The van der Waals surface area contributed by atoms with Crippen molar-refractivity contribution in [3.63, 3.8) is 0 Å². The molecule has 2 heterocycles. The number of carbonyl (C=O) groups excluding carboxylic acids is 1.